The molecule has 4 aliphatic rings. The van der Waals surface area contributed by atoms with Crippen LogP contribution in [0.3, 0.4) is 0 Å². The average Bonchev–Trinajstić information content (AvgIpc) is 3.60. The summed E-state index contributed by atoms with van der Waals surface area (Å²) in [6.45, 7) is 3.67. The largest absolute Gasteiger partial charge is 0.491 e. The highest BCUT2D eigenvalue weighted by Gasteiger charge is 2.44. The van der Waals surface area contributed by atoms with E-state index in [9.17, 15) is 9.18 Å². The maximum atomic E-state index is 13.8. The molecule has 2 heterocycles. The standard InChI is InChI=1S/C35H41ClFN5O2/c36-28-14-26(9-10-29(28)37)40-34-27-15-31(41-33(43)8-5-13-42-19-24-6-4-7-25(24)20-42)32(16-30(27)38-22-39-34)44-21-23-17-35(18-23)11-2-1-3-12-35/h5,8-10,14-16,22-25H,1-4,6-7,11-13,17-21H2,(H,41,43)(H,38,39,40). The van der Waals surface area contributed by atoms with E-state index >= 15 is 0 Å². The maximum Gasteiger partial charge on any atom is 0.248 e. The third-order valence-corrected chi connectivity index (χ3v) is 10.7. The van der Waals surface area contributed by atoms with Crippen LogP contribution in [0.5, 0.6) is 5.75 Å². The minimum atomic E-state index is -0.488. The first-order valence-electron chi connectivity index (χ1n) is 16.3. The Hall–Kier alpha value is -3.23. The number of fused-ring (bicyclic) bond motifs is 2. The predicted molar refractivity (Wildman–Crippen MR) is 173 cm³/mol. The van der Waals surface area contributed by atoms with E-state index < -0.39 is 5.82 Å². The van der Waals surface area contributed by atoms with Crippen molar-refractivity contribution in [3.8, 4) is 5.75 Å². The highest BCUT2D eigenvalue weighted by molar-refractivity contribution is 6.31. The monoisotopic (exact) mass is 617 g/mol. The van der Waals surface area contributed by atoms with E-state index in [1.54, 1.807) is 12.1 Å². The smallest absolute Gasteiger partial charge is 0.248 e. The fourth-order valence-corrected chi connectivity index (χ4v) is 8.46. The molecule has 0 radical (unpaired) electrons. The van der Waals surface area contributed by atoms with Crippen molar-refractivity contribution < 1.29 is 13.9 Å². The molecule has 232 valence electrons. The van der Waals surface area contributed by atoms with Crippen LogP contribution in [0.1, 0.15) is 64.2 Å². The van der Waals surface area contributed by atoms with E-state index in [0.29, 0.717) is 51.8 Å². The molecule has 1 spiro atoms. The van der Waals surface area contributed by atoms with E-state index in [1.165, 1.54) is 82.7 Å². The molecule has 1 saturated heterocycles. The van der Waals surface area contributed by atoms with Gasteiger partial charge in [0.05, 0.1) is 22.8 Å². The Labute approximate surface area is 263 Å². The van der Waals surface area contributed by atoms with Crippen LogP contribution in [0.2, 0.25) is 5.02 Å². The van der Waals surface area contributed by atoms with Gasteiger partial charge in [0.25, 0.3) is 0 Å². The first kappa shape index (κ1) is 29.5. The van der Waals surface area contributed by atoms with Crippen molar-refractivity contribution in [3.63, 3.8) is 0 Å². The molecule has 0 bridgehead atoms. The van der Waals surface area contributed by atoms with Gasteiger partial charge in [-0.05, 0) is 86.0 Å². The van der Waals surface area contributed by atoms with Crippen LogP contribution in [-0.2, 0) is 4.79 Å². The van der Waals surface area contributed by atoms with Gasteiger partial charge in [0.15, 0.2) is 0 Å². The lowest BCUT2D eigenvalue weighted by Crippen LogP contribution is -2.41. The van der Waals surface area contributed by atoms with Gasteiger partial charge in [0, 0.05) is 42.9 Å². The molecule has 2 unspecified atom stereocenters. The minimum Gasteiger partial charge on any atom is -0.491 e. The molecule has 3 saturated carbocycles. The number of carbonyl (C=O) groups is 1. The number of hydrogen-bond acceptors (Lipinski definition) is 6. The Balaban J connectivity index is 1.08. The summed E-state index contributed by atoms with van der Waals surface area (Å²) in [5.74, 6) is 2.62. The normalized spacial score (nSPS) is 23.2. The summed E-state index contributed by atoms with van der Waals surface area (Å²) in [5, 5.41) is 7.01. The molecule has 7 nitrogen and oxygen atoms in total. The third-order valence-electron chi connectivity index (χ3n) is 10.4. The van der Waals surface area contributed by atoms with Crippen LogP contribution in [0.4, 0.5) is 21.6 Å². The van der Waals surface area contributed by atoms with E-state index in [1.807, 2.05) is 18.2 Å². The van der Waals surface area contributed by atoms with Crippen molar-refractivity contribution in [2.24, 2.45) is 23.2 Å². The number of nitrogens with zero attached hydrogens (tertiary/aromatic N) is 3. The molecule has 2 N–H and O–H groups in total. The lowest BCUT2D eigenvalue weighted by molar-refractivity contribution is -0.111. The number of benzene rings is 2. The highest BCUT2D eigenvalue weighted by atomic mass is 35.5. The lowest BCUT2D eigenvalue weighted by atomic mass is 9.56. The molecule has 44 heavy (non-hydrogen) atoms. The molecule has 4 fully saturated rings. The molecule has 1 aromatic heterocycles. The summed E-state index contributed by atoms with van der Waals surface area (Å²) >= 11 is 6.01. The number of ether oxygens (including phenoxy) is 1. The number of nitrogens with one attached hydrogen (secondary N) is 2. The molecule has 7 rings (SSSR count). The summed E-state index contributed by atoms with van der Waals surface area (Å²) in [6, 6.07) is 8.16. The van der Waals surface area contributed by atoms with Gasteiger partial charge < -0.3 is 15.4 Å². The van der Waals surface area contributed by atoms with Crippen molar-refractivity contribution in [1.82, 2.24) is 14.9 Å². The number of anilines is 3. The maximum absolute atomic E-state index is 13.8. The number of amides is 1. The fraction of sp³-hybridized carbons (Fsp3) is 0.514. The Morgan fingerprint density at radius 3 is 2.64 bits per heavy atom. The van der Waals surface area contributed by atoms with E-state index in [0.717, 1.165) is 31.5 Å². The van der Waals surface area contributed by atoms with E-state index in [4.69, 9.17) is 16.3 Å². The van der Waals surface area contributed by atoms with Gasteiger partial charge in [-0.15, -0.1) is 0 Å². The van der Waals surface area contributed by atoms with Crippen molar-refractivity contribution in [2.45, 2.75) is 64.2 Å². The molecule has 2 atom stereocenters. The van der Waals surface area contributed by atoms with Gasteiger partial charge in [0.2, 0.25) is 5.91 Å². The topological polar surface area (TPSA) is 79.4 Å². The first-order valence-corrected chi connectivity index (χ1v) is 16.6. The second kappa shape index (κ2) is 12.6. The minimum absolute atomic E-state index is 0.0203. The molecule has 3 aliphatic carbocycles. The van der Waals surface area contributed by atoms with Gasteiger partial charge in [-0.1, -0.05) is 43.4 Å². The van der Waals surface area contributed by atoms with Crippen molar-refractivity contribution in [1.29, 1.82) is 0 Å². The Morgan fingerprint density at radius 2 is 1.86 bits per heavy atom. The Kier molecular flexibility index (Phi) is 8.47. The molecule has 9 heteroatoms. The van der Waals surface area contributed by atoms with E-state index in [2.05, 4.69) is 25.5 Å². The van der Waals surface area contributed by atoms with Gasteiger partial charge in [-0.3, -0.25) is 9.69 Å². The number of aromatic nitrogens is 2. The second-order valence-corrected chi connectivity index (χ2v) is 14.0. The lowest BCUT2D eigenvalue weighted by Gasteiger charge is -2.50. The van der Waals surface area contributed by atoms with Gasteiger partial charge in [0.1, 0.15) is 23.7 Å². The number of carbonyl (C=O) groups excluding carboxylic acids is 1. The number of likely N-dealkylation sites (tertiary alicyclic amines) is 1. The summed E-state index contributed by atoms with van der Waals surface area (Å²) in [7, 11) is 0. The van der Waals surface area contributed by atoms with Crippen LogP contribution >= 0.6 is 11.6 Å². The van der Waals surface area contributed by atoms with Crippen molar-refractivity contribution >= 4 is 45.6 Å². The summed E-state index contributed by atoms with van der Waals surface area (Å²) < 4.78 is 20.2. The Morgan fingerprint density at radius 1 is 1.07 bits per heavy atom. The van der Waals surface area contributed by atoms with Crippen molar-refractivity contribution in [3.05, 3.63) is 59.7 Å². The SMILES string of the molecule is O=C(C=CCN1CC2CCCC2C1)Nc1cc2c(Nc3ccc(F)c(Cl)c3)ncnc2cc1OCC1CC2(CCCCC2)C1. The van der Waals surface area contributed by atoms with Crippen LogP contribution in [-0.4, -0.2) is 47.0 Å². The van der Waals surface area contributed by atoms with Crippen molar-refractivity contribution in [2.75, 3.05) is 36.9 Å². The zero-order valence-corrected chi connectivity index (χ0v) is 25.9. The first-order chi connectivity index (χ1) is 21.4. The highest BCUT2D eigenvalue weighted by Crippen LogP contribution is 2.55. The second-order valence-electron chi connectivity index (χ2n) is 13.5. The average molecular weight is 618 g/mol. The summed E-state index contributed by atoms with van der Waals surface area (Å²) in [4.78, 5) is 24.5. The van der Waals surface area contributed by atoms with Crippen LogP contribution in [0.25, 0.3) is 10.9 Å². The predicted octanol–water partition coefficient (Wildman–Crippen LogP) is 8.13. The quantitative estimate of drug-likeness (QED) is 0.236. The number of hydrogen-bond donors (Lipinski definition) is 2. The molecule has 2 aromatic carbocycles. The van der Waals surface area contributed by atoms with Crippen LogP contribution in [0, 0.1) is 29.0 Å². The molecular weight excluding hydrogens is 577 g/mol. The number of rotatable bonds is 9. The van der Waals surface area contributed by atoms with Gasteiger partial charge in [-0.2, -0.15) is 0 Å². The van der Waals surface area contributed by atoms with Crippen LogP contribution in [0.15, 0.2) is 48.8 Å². The number of halogens is 2. The zero-order chi connectivity index (χ0) is 30.1. The molecule has 3 aromatic rings. The third kappa shape index (κ3) is 6.43. The van der Waals surface area contributed by atoms with Gasteiger partial charge in [-0.25, -0.2) is 14.4 Å². The molecular formula is C35H41ClFN5O2. The summed E-state index contributed by atoms with van der Waals surface area (Å²) in [6.07, 6.45) is 18.3. The summed E-state index contributed by atoms with van der Waals surface area (Å²) in [5.41, 5.74) is 2.38. The van der Waals surface area contributed by atoms with E-state index in [-0.39, 0.29) is 10.9 Å². The Bertz CT molecular complexity index is 1540. The molecule has 1 amide bonds. The van der Waals surface area contributed by atoms with Gasteiger partial charge >= 0.3 is 0 Å². The zero-order valence-electron chi connectivity index (χ0n) is 25.2. The molecule has 1 aliphatic heterocycles. The van der Waals surface area contributed by atoms with Crippen LogP contribution < -0.4 is 15.4 Å². The fourth-order valence-electron chi connectivity index (χ4n) is 8.28.